The molecule has 1 aromatic heterocycles. The minimum Gasteiger partial charge on any atom is -0.451 e. The van der Waals surface area contributed by atoms with Crippen molar-refractivity contribution in [3.8, 4) is 0 Å². The Hall–Kier alpha value is -3.47. The summed E-state index contributed by atoms with van der Waals surface area (Å²) in [7, 11) is 0. The molecule has 0 unspecified atom stereocenters. The number of nitrogens with zero attached hydrogens (tertiary/aromatic N) is 1. The normalized spacial score (nSPS) is 11.4. The Morgan fingerprint density at radius 1 is 1.00 bits per heavy atom. The largest absolute Gasteiger partial charge is 0.451 e. The maximum atomic E-state index is 13.5. The second-order valence-electron chi connectivity index (χ2n) is 5.53. The molecule has 0 aliphatic carbocycles. The van der Waals surface area contributed by atoms with Gasteiger partial charge in [0.25, 0.3) is 0 Å². The quantitative estimate of drug-likeness (QED) is 0.444. The summed E-state index contributed by atoms with van der Waals surface area (Å²) in [5.74, 6) is -0.749. The van der Waals surface area contributed by atoms with Crippen molar-refractivity contribution in [3.05, 3.63) is 83.9 Å². The first-order valence-electron chi connectivity index (χ1n) is 7.71. The smallest absolute Gasteiger partial charge is 0.307 e. The maximum absolute atomic E-state index is 13.5. The second kappa shape index (κ2) is 6.20. The molecule has 5 heteroatoms. The van der Waals surface area contributed by atoms with Crippen LogP contribution in [0.3, 0.4) is 0 Å². The van der Waals surface area contributed by atoms with E-state index in [2.05, 4.69) is 10.5 Å². The molecule has 4 rings (SSSR count). The van der Waals surface area contributed by atoms with Crippen molar-refractivity contribution in [2.45, 2.75) is 0 Å². The van der Waals surface area contributed by atoms with Gasteiger partial charge in [-0.1, -0.05) is 48.5 Å². The van der Waals surface area contributed by atoms with Crippen molar-refractivity contribution in [2.24, 2.45) is 5.10 Å². The maximum Gasteiger partial charge on any atom is 0.307 e. The Morgan fingerprint density at radius 2 is 1.80 bits per heavy atom. The molecule has 0 fully saturated rings. The molecule has 0 saturated heterocycles. The van der Waals surface area contributed by atoms with Crippen molar-refractivity contribution >= 4 is 33.9 Å². The van der Waals surface area contributed by atoms with Gasteiger partial charge in [-0.05, 0) is 29.0 Å². The molecule has 0 atom stereocenters. The SMILES string of the molecule is O=C(N/N=C\c1ccccc1F)c1cc2c(ccc3ccccc32)o1. The van der Waals surface area contributed by atoms with Gasteiger partial charge < -0.3 is 4.42 Å². The molecule has 1 N–H and O–H groups in total. The van der Waals surface area contributed by atoms with Crippen molar-refractivity contribution in [1.29, 1.82) is 0 Å². The molecule has 0 spiro atoms. The summed E-state index contributed by atoms with van der Waals surface area (Å²) in [4.78, 5) is 12.2. The third-order valence-electron chi connectivity index (χ3n) is 3.92. The van der Waals surface area contributed by atoms with Gasteiger partial charge in [-0.3, -0.25) is 4.79 Å². The minimum atomic E-state index is -0.493. The Bertz CT molecular complexity index is 1120. The fourth-order valence-electron chi connectivity index (χ4n) is 2.70. The molecular weight excluding hydrogens is 319 g/mol. The van der Waals surface area contributed by atoms with Gasteiger partial charge >= 0.3 is 5.91 Å². The number of hydrogen-bond acceptors (Lipinski definition) is 3. The zero-order valence-corrected chi connectivity index (χ0v) is 13.1. The van der Waals surface area contributed by atoms with Crippen LogP contribution >= 0.6 is 0 Å². The van der Waals surface area contributed by atoms with Crippen molar-refractivity contribution < 1.29 is 13.6 Å². The van der Waals surface area contributed by atoms with E-state index in [-0.39, 0.29) is 5.76 Å². The highest BCUT2D eigenvalue weighted by Crippen LogP contribution is 2.28. The van der Waals surface area contributed by atoms with E-state index in [0.717, 1.165) is 16.2 Å². The first kappa shape index (κ1) is 15.1. The summed E-state index contributed by atoms with van der Waals surface area (Å²) in [6, 6.07) is 19.5. The molecule has 3 aromatic carbocycles. The molecule has 122 valence electrons. The van der Waals surface area contributed by atoms with E-state index in [1.54, 1.807) is 24.3 Å². The molecule has 4 aromatic rings. The lowest BCUT2D eigenvalue weighted by Crippen LogP contribution is -2.16. The molecule has 25 heavy (non-hydrogen) atoms. The topological polar surface area (TPSA) is 54.6 Å². The number of furan rings is 1. The second-order valence-corrected chi connectivity index (χ2v) is 5.53. The van der Waals surface area contributed by atoms with Gasteiger partial charge in [0.2, 0.25) is 0 Å². The average Bonchev–Trinajstić information content (AvgIpc) is 3.08. The van der Waals surface area contributed by atoms with Crippen molar-refractivity contribution in [1.82, 2.24) is 5.43 Å². The van der Waals surface area contributed by atoms with Crippen LogP contribution in [0, 0.1) is 5.82 Å². The fourth-order valence-corrected chi connectivity index (χ4v) is 2.70. The van der Waals surface area contributed by atoms with E-state index >= 15 is 0 Å². The van der Waals surface area contributed by atoms with Crippen molar-refractivity contribution in [3.63, 3.8) is 0 Å². The summed E-state index contributed by atoms with van der Waals surface area (Å²) >= 11 is 0. The number of benzene rings is 3. The number of carbonyl (C=O) groups is 1. The van der Waals surface area contributed by atoms with Gasteiger partial charge in [0.05, 0.1) is 6.21 Å². The standard InChI is InChI=1S/C20H13FN2O2/c21-17-8-4-2-6-14(17)12-22-23-20(24)19-11-16-15-7-3-1-5-13(15)9-10-18(16)25-19/h1-12H,(H,23,24)/b22-12-. The van der Waals surface area contributed by atoms with Gasteiger partial charge in [0.1, 0.15) is 11.4 Å². The molecule has 0 aliphatic heterocycles. The van der Waals surface area contributed by atoms with E-state index in [4.69, 9.17) is 4.42 Å². The molecular formula is C20H13FN2O2. The van der Waals surface area contributed by atoms with Crippen LogP contribution in [0.1, 0.15) is 16.1 Å². The first-order valence-corrected chi connectivity index (χ1v) is 7.71. The lowest BCUT2D eigenvalue weighted by atomic mass is 10.1. The summed E-state index contributed by atoms with van der Waals surface area (Å²) in [5.41, 5.74) is 3.27. The lowest BCUT2D eigenvalue weighted by Gasteiger charge is -1.96. The number of carbonyl (C=O) groups excluding carboxylic acids is 1. The Labute approximate surface area is 142 Å². The predicted octanol–water partition coefficient (Wildman–Crippen LogP) is 4.49. The monoisotopic (exact) mass is 332 g/mol. The number of amides is 1. The predicted molar refractivity (Wildman–Crippen MR) is 95.2 cm³/mol. The van der Waals surface area contributed by atoms with Crippen LogP contribution in [0.15, 0.2) is 76.2 Å². The summed E-state index contributed by atoms with van der Waals surface area (Å²) in [6.45, 7) is 0. The third kappa shape index (κ3) is 2.87. The molecule has 1 amide bonds. The van der Waals surface area contributed by atoms with Crippen molar-refractivity contribution in [2.75, 3.05) is 0 Å². The Balaban J connectivity index is 1.60. The number of fused-ring (bicyclic) bond motifs is 3. The molecule has 0 bridgehead atoms. The molecule has 4 nitrogen and oxygen atoms in total. The van der Waals surface area contributed by atoms with Gasteiger partial charge in [0, 0.05) is 10.9 Å². The van der Waals surface area contributed by atoms with Gasteiger partial charge in [-0.15, -0.1) is 0 Å². The van der Waals surface area contributed by atoms with Gasteiger partial charge in [0.15, 0.2) is 5.76 Å². The van der Waals surface area contributed by atoms with E-state index in [9.17, 15) is 9.18 Å². The summed E-state index contributed by atoms with van der Waals surface area (Å²) in [6.07, 6.45) is 1.26. The zero-order chi connectivity index (χ0) is 17.2. The van der Waals surface area contributed by atoms with E-state index in [1.807, 2.05) is 36.4 Å². The molecule has 1 heterocycles. The molecule has 0 radical (unpaired) electrons. The van der Waals surface area contributed by atoms with E-state index < -0.39 is 11.7 Å². The number of nitrogens with one attached hydrogen (secondary N) is 1. The van der Waals surface area contributed by atoms with Crippen LogP contribution in [0.25, 0.3) is 21.7 Å². The Morgan fingerprint density at radius 3 is 2.68 bits per heavy atom. The van der Waals surface area contributed by atoms with E-state index in [0.29, 0.717) is 11.1 Å². The first-order chi connectivity index (χ1) is 12.2. The van der Waals surface area contributed by atoms with Crippen LogP contribution in [-0.4, -0.2) is 12.1 Å². The number of hydrogen-bond donors (Lipinski definition) is 1. The van der Waals surface area contributed by atoms with Gasteiger partial charge in [-0.25, -0.2) is 9.82 Å². The fraction of sp³-hybridized carbons (Fsp3) is 0. The van der Waals surface area contributed by atoms with E-state index in [1.165, 1.54) is 12.3 Å². The van der Waals surface area contributed by atoms with Crippen LogP contribution in [0.4, 0.5) is 4.39 Å². The highest BCUT2D eigenvalue weighted by Gasteiger charge is 2.13. The minimum absolute atomic E-state index is 0.150. The number of halogens is 1. The lowest BCUT2D eigenvalue weighted by molar-refractivity contribution is 0.0929. The highest BCUT2D eigenvalue weighted by atomic mass is 19.1. The molecule has 0 saturated carbocycles. The molecule has 0 aliphatic rings. The highest BCUT2D eigenvalue weighted by molar-refractivity contribution is 6.08. The van der Waals surface area contributed by atoms with Crippen LogP contribution < -0.4 is 5.43 Å². The summed E-state index contributed by atoms with van der Waals surface area (Å²) in [5, 5.41) is 6.73. The zero-order valence-electron chi connectivity index (χ0n) is 13.1. The van der Waals surface area contributed by atoms with Crippen LogP contribution in [0.5, 0.6) is 0 Å². The number of rotatable bonds is 3. The Kier molecular flexibility index (Phi) is 3.74. The van der Waals surface area contributed by atoms with Gasteiger partial charge in [-0.2, -0.15) is 5.10 Å². The average molecular weight is 332 g/mol. The third-order valence-corrected chi connectivity index (χ3v) is 3.92. The van der Waals surface area contributed by atoms with Crippen LogP contribution in [-0.2, 0) is 0 Å². The summed E-state index contributed by atoms with van der Waals surface area (Å²) < 4.78 is 19.1. The number of hydrazone groups is 1. The van der Waals surface area contributed by atoms with Crippen LogP contribution in [0.2, 0.25) is 0 Å².